The molecule has 0 saturated carbocycles. The van der Waals surface area contributed by atoms with Crippen molar-refractivity contribution in [3.8, 4) is 0 Å². The molecule has 0 aliphatic carbocycles. The molecule has 0 radical (unpaired) electrons. The van der Waals surface area contributed by atoms with Gasteiger partial charge in [0.05, 0.1) is 11.4 Å². The maximum absolute atomic E-state index is 12.8. The van der Waals surface area contributed by atoms with Gasteiger partial charge in [-0.25, -0.2) is 8.42 Å². The number of nitrogens with zero attached hydrogens (tertiary/aromatic N) is 1. The zero-order valence-corrected chi connectivity index (χ0v) is 18.2. The van der Waals surface area contributed by atoms with Crippen LogP contribution in [0.4, 0.5) is 0 Å². The third-order valence-electron chi connectivity index (χ3n) is 4.97. The zero-order chi connectivity index (χ0) is 21.6. The number of amides is 2. The molecular weight excluding hydrogens is 392 g/mol. The van der Waals surface area contributed by atoms with Crippen LogP contribution in [-0.2, 0) is 19.6 Å². The molecule has 1 saturated heterocycles. The summed E-state index contributed by atoms with van der Waals surface area (Å²) in [6.45, 7) is 7.32. The second-order valence-electron chi connectivity index (χ2n) is 8.14. The summed E-state index contributed by atoms with van der Waals surface area (Å²) < 4.78 is 28.0. The van der Waals surface area contributed by atoms with Gasteiger partial charge in [-0.3, -0.25) is 14.5 Å². The lowest BCUT2D eigenvalue weighted by Gasteiger charge is -2.32. The Morgan fingerprint density at radius 3 is 2.28 bits per heavy atom. The SMILES string of the molecule is Cc1ccc(S(=O)(=O)NC(CC(C)C)C(=O)NC2CCN(CC(N)=O)CC2)cc1. The molecule has 0 aromatic heterocycles. The Labute approximate surface area is 173 Å². The summed E-state index contributed by atoms with van der Waals surface area (Å²) in [5.41, 5.74) is 6.19. The van der Waals surface area contributed by atoms with Crippen LogP contribution in [0.25, 0.3) is 0 Å². The van der Waals surface area contributed by atoms with Gasteiger partial charge < -0.3 is 11.1 Å². The molecule has 9 heteroatoms. The van der Waals surface area contributed by atoms with Crippen molar-refractivity contribution in [1.29, 1.82) is 0 Å². The van der Waals surface area contributed by atoms with E-state index in [1.807, 2.05) is 25.7 Å². The number of nitrogens with two attached hydrogens (primary N) is 1. The van der Waals surface area contributed by atoms with Gasteiger partial charge in [0.2, 0.25) is 21.8 Å². The number of nitrogens with one attached hydrogen (secondary N) is 2. The fourth-order valence-electron chi connectivity index (χ4n) is 3.41. The molecule has 29 heavy (non-hydrogen) atoms. The standard InChI is InChI=1S/C20H32N4O4S/c1-14(2)12-18(23-29(27,28)17-6-4-15(3)5-7-17)20(26)22-16-8-10-24(11-9-16)13-19(21)25/h4-7,14,16,18,23H,8-13H2,1-3H3,(H2,21,25)(H,22,26). The minimum Gasteiger partial charge on any atom is -0.369 e. The second kappa shape index (κ2) is 10.2. The molecule has 1 fully saturated rings. The highest BCUT2D eigenvalue weighted by Crippen LogP contribution is 2.15. The highest BCUT2D eigenvalue weighted by Gasteiger charge is 2.29. The van der Waals surface area contributed by atoms with Gasteiger partial charge >= 0.3 is 0 Å². The summed E-state index contributed by atoms with van der Waals surface area (Å²) in [7, 11) is -3.80. The summed E-state index contributed by atoms with van der Waals surface area (Å²) in [5, 5.41) is 2.97. The van der Waals surface area contributed by atoms with Gasteiger partial charge in [0.1, 0.15) is 6.04 Å². The molecule has 162 valence electrons. The number of hydrogen-bond acceptors (Lipinski definition) is 5. The van der Waals surface area contributed by atoms with Crippen LogP contribution in [0.2, 0.25) is 0 Å². The first-order valence-corrected chi connectivity index (χ1v) is 11.4. The van der Waals surface area contributed by atoms with Crippen molar-refractivity contribution in [3.63, 3.8) is 0 Å². The maximum atomic E-state index is 12.8. The Hall–Kier alpha value is -1.97. The molecule has 8 nitrogen and oxygen atoms in total. The largest absolute Gasteiger partial charge is 0.369 e. The van der Waals surface area contributed by atoms with Crippen LogP contribution in [0.15, 0.2) is 29.2 Å². The first-order valence-electron chi connectivity index (χ1n) is 9.97. The lowest BCUT2D eigenvalue weighted by molar-refractivity contribution is -0.124. The van der Waals surface area contributed by atoms with E-state index in [1.165, 1.54) is 12.1 Å². The van der Waals surface area contributed by atoms with Crippen LogP contribution in [0.3, 0.4) is 0 Å². The molecule has 2 rings (SSSR count). The minimum absolute atomic E-state index is 0.0508. The number of rotatable bonds is 9. The van der Waals surface area contributed by atoms with Crippen LogP contribution in [0.1, 0.15) is 38.7 Å². The Balaban J connectivity index is 2.01. The third kappa shape index (κ3) is 7.41. The zero-order valence-electron chi connectivity index (χ0n) is 17.3. The molecule has 1 aromatic carbocycles. The van der Waals surface area contributed by atoms with Crippen molar-refractivity contribution in [1.82, 2.24) is 14.9 Å². The predicted octanol–water partition coefficient (Wildman–Crippen LogP) is 0.754. The van der Waals surface area contributed by atoms with E-state index in [2.05, 4.69) is 10.0 Å². The molecule has 2 amide bonds. The van der Waals surface area contributed by atoms with Crippen molar-refractivity contribution in [3.05, 3.63) is 29.8 Å². The quantitative estimate of drug-likeness (QED) is 0.540. The van der Waals surface area contributed by atoms with Gasteiger partial charge in [-0.15, -0.1) is 0 Å². The highest BCUT2D eigenvalue weighted by molar-refractivity contribution is 7.89. The molecule has 1 aliphatic rings. The summed E-state index contributed by atoms with van der Waals surface area (Å²) in [4.78, 5) is 26.0. The van der Waals surface area contributed by atoms with Crippen molar-refractivity contribution < 1.29 is 18.0 Å². The topological polar surface area (TPSA) is 122 Å². The summed E-state index contributed by atoms with van der Waals surface area (Å²) >= 11 is 0. The van der Waals surface area contributed by atoms with Crippen LogP contribution in [-0.4, -0.2) is 56.9 Å². The van der Waals surface area contributed by atoms with E-state index in [0.29, 0.717) is 32.4 Å². The van der Waals surface area contributed by atoms with E-state index in [0.717, 1.165) is 5.56 Å². The number of sulfonamides is 1. The molecule has 1 aliphatic heterocycles. The van der Waals surface area contributed by atoms with Crippen molar-refractivity contribution in [2.45, 2.75) is 57.0 Å². The molecule has 4 N–H and O–H groups in total. The number of aryl methyl sites for hydroxylation is 1. The van der Waals surface area contributed by atoms with Gasteiger partial charge in [-0.1, -0.05) is 31.5 Å². The lowest BCUT2D eigenvalue weighted by atomic mass is 10.0. The monoisotopic (exact) mass is 424 g/mol. The minimum atomic E-state index is -3.80. The smallest absolute Gasteiger partial charge is 0.241 e. The lowest BCUT2D eigenvalue weighted by Crippen LogP contribution is -2.53. The van der Waals surface area contributed by atoms with Gasteiger partial charge in [-0.2, -0.15) is 4.72 Å². The number of carbonyl (C=O) groups excluding carboxylic acids is 2. The van der Waals surface area contributed by atoms with E-state index in [9.17, 15) is 18.0 Å². The van der Waals surface area contributed by atoms with E-state index >= 15 is 0 Å². The summed E-state index contributed by atoms with van der Waals surface area (Å²) in [6.07, 6.45) is 1.79. The Kier molecular flexibility index (Phi) is 8.18. The molecule has 1 unspecified atom stereocenters. The van der Waals surface area contributed by atoms with Gasteiger partial charge in [0.25, 0.3) is 0 Å². The number of hydrogen-bond donors (Lipinski definition) is 3. The van der Waals surface area contributed by atoms with Crippen molar-refractivity contribution in [2.24, 2.45) is 11.7 Å². The number of likely N-dealkylation sites (tertiary alicyclic amines) is 1. The van der Waals surface area contributed by atoms with E-state index < -0.39 is 16.1 Å². The van der Waals surface area contributed by atoms with E-state index in [1.54, 1.807) is 12.1 Å². The van der Waals surface area contributed by atoms with Crippen LogP contribution in [0, 0.1) is 12.8 Å². The first kappa shape index (κ1) is 23.3. The molecular formula is C20H32N4O4S. The van der Waals surface area contributed by atoms with Crippen LogP contribution >= 0.6 is 0 Å². The van der Waals surface area contributed by atoms with Gasteiger partial charge in [0, 0.05) is 19.1 Å². The summed E-state index contributed by atoms with van der Waals surface area (Å²) in [5.74, 6) is -0.540. The maximum Gasteiger partial charge on any atom is 0.241 e. The molecule has 0 spiro atoms. The Morgan fingerprint density at radius 1 is 1.17 bits per heavy atom. The Bertz CT molecular complexity index is 800. The van der Waals surface area contributed by atoms with Gasteiger partial charge in [-0.05, 0) is 44.2 Å². The second-order valence-corrected chi connectivity index (χ2v) is 9.86. The number of benzene rings is 1. The third-order valence-corrected chi connectivity index (χ3v) is 6.45. The number of primary amides is 1. The van der Waals surface area contributed by atoms with Crippen molar-refractivity contribution >= 4 is 21.8 Å². The van der Waals surface area contributed by atoms with Crippen LogP contribution in [0.5, 0.6) is 0 Å². The average molecular weight is 425 g/mol. The Morgan fingerprint density at radius 2 is 1.76 bits per heavy atom. The molecule has 1 aromatic rings. The van der Waals surface area contributed by atoms with E-state index in [4.69, 9.17) is 5.73 Å². The summed E-state index contributed by atoms with van der Waals surface area (Å²) in [6, 6.07) is 5.64. The predicted molar refractivity (Wildman–Crippen MR) is 112 cm³/mol. The van der Waals surface area contributed by atoms with E-state index in [-0.39, 0.29) is 35.2 Å². The first-order chi connectivity index (χ1) is 13.6. The highest BCUT2D eigenvalue weighted by atomic mass is 32.2. The number of piperidine rings is 1. The molecule has 1 atom stereocenters. The molecule has 1 heterocycles. The average Bonchev–Trinajstić information content (AvgIpc) is 2.62. The molecule has 0 bridgehead atoms. The number of carbonyl (C=O) groups is 2. The normalized spacial score (nSPS) is 17.2. The van der Waals surface area contributed by atoms with Crippen LogP contribution < -0.4 is 15.8 Å². The van der Waals surface area contributed by atoms with Crippen molar-refractivity contribution in [2.75, 3.05) is 19.6 Å². The fourth-order valence-corrected chi connectivity index (χ4v) is 4.62. The van der Waals surface area contributed by atoms with Gasteiger partial charge in [0.15, 0.2) is 0 Å². The fraction of sp³-hybridized carbons (Fsp3) is 0.600.